The molecule has 3 rings (SSSR count). The number of nitrogens with one attached hydrogen (secondary N) is 1. The van der Waals surface area contributed by atoms with Crippen molar-refractivity contribution in [2.45, 2.75) is 25.6 Å². The van der Waals surface area contributed by atoms with Crippen LogP contribution in [0.2, 0.25) is 0 Å². The smallest absolute Gasteiger partial charge is 0.204 e. The molecule has 7 heteroatoms. The monoisotopic (exact) mass is 289 g/mol. The lowest BCUT2D eigenvalue weighted by molar-refractivity contribution is 0.0808. The molecule has 1 aromatic carbocycles. The number of H-pyrrole nitrogens is 1. The second-order valence-corrected chi connectivity index (χ2v) is 5.17. The summed E-state index contributed by atoms with van der Waals surface area (Å²) < 4.78 is 5.34. The van der Waals surface area contributed by atoms with E-state index in [4.69, 9.17) is 4.74 Å². The van der Waals surface area contributed by atoms with E-state index in [9.17, 15) is 5.11 Å². The molecule has 0 spiro atoms. The number of aromatic amines is 1. The number of likely N-dealkylation sites (N-methyl/N-ethyl adjacent to an activating group) is 1. The number of aromatic nitrogens is 4. The van der Waals surface area contributed by atoms with Gasteiger partial charge in [-0.1, -0.05) is 31.2 Å². The van der Waals surface area contributed by atoms with Crippen LogP contribution in [0, 0.1) is 0 Å². The first-order chi connectivity index (χ1) is 10.3. The molecule has 112 valence electrons. The number of aliphatic hydroxyl groups excluding tert-OH is 1. The Labute approximate surface area is 122 Å². The summed E-state index contributed by atoms with van der Waals surface area (Å²) in [5.41, 5.74) is 2.11. The average molecular weight is 289 g/mol. The second-order valence-electron chi connectivity index (χ2n) is 5.17. The van der Waals surface area contributed by atoms with Crippen LogP contribution in [0.3, 0.4) is 0 Å². The molecule has 0 radical (unpaired) electrons. The molecule has 0 amide bonds. The Balaban J connectivity index is 1.69. The van der Waals surface area contributed by atoms with Crippen molar-refractivity contribution in [1.82, 2.24) is 25.5 Å². The molecule has 0 saturated carbocycles. The summed E-state index contributed by atoms with van der Waals surface area (Å²) in [4.78, 5) is 2.24. The van der Waals surface area contributed by atoms with E-state index in [0.29, 0.717) is 19.0 Å². The third-order valence-corrected chi connectivity index (χ3v) is 3.84. The third-order valence-electron chi connectivity index (χ3n) is 3.84. The van der Waals surface area contributed by atoms with Crippen molar-refractivity contribution in [2.24, 2.45) is 0 Å². The highest BCUT2D eigenvalue weighted by Gasteiger charge is 2.30. The largest absolute Gasteiger partial charge is 0.389 e. The van der Waals surface area contributed by atoms with Crippen molar-refractivity contribution < 1.29 is 9.84 Å². The van der Waals surface area contributed by atoms with E-state index < -0.39 is 6.10 Å². The molecule has 2 N–H and O–H groups in total. The summed E-state index contributed by atoms with van der Waals surface area (Å²) in [6.07, 6.45) is -0.399. The van der Waals surface area contributed by atoms with E-state index in [1.54, 1.807) is 0 Å². The Hall–Kier alpha value is -1.83. The average Bonchev–Trinajstić information content (AvgIpc) is 3.17. The first kappa shape index (κ1) is 14.1. The maximum Gasteiger partial charge on any atom is 0.204 e. The molecular formula is C14H19N5O2. The quantitative estimate of drug-likeness (QED) is 0.831. The number of benzene rings is 1. The number of hydrogen-bond donors (Lipinski definition) is 2. The van der Waals surface area contributed by atoms with E-state index in [1.165, 1.54) is 5.56 Å². The molecule has 0 bridgehead atoms. The van der Waals surface area contributed by atoms with Gasteiger partial charge >= 0.3 is 0 Å². The van der Waals surface area contributed by atoms with Crippen molar-refractivity contribution in [1.29, 1.82) is 0 Å². The van der Waals surface area contributed by atoms with E-state index in [2.05, 4.69) is 44.6 Å². The van der Waals surface area contributed by atoms with Crippen LogP contribution in [-0.4, -0.2) is 62.5 Å². The Bertz CT molecular complexity index is 557. The summed E-state index contributed by atoms with van der Waals surface area (Å²) in [5.74, 6) is 0.591. The van der Waals surface area contributed by atoms with Crippen LogP contribution in [0.1, 0.15) is 12.5 Å². The molecule has 2 atom stereocenters. The minimum Gasteiger partial charge on any atom is -0.389 e. The van der Waals surface area contributed by atoms with Crippen molar-refractivity contribution in [3.05, 3.63) is 29.8 Å². The minimum atomic E-state index is -0.399. The van der Waals surface area contributed by atoms with Gasteiger partial charge in [-0.2, -0.15) is 5.21 Å². The lowest BCUT2D eigenvalue weighted by Gasteiger charge is -2.28. The number of hydrogen-bond acceptors (Lipinski definition) is 6. The fourth-order valence-electron chi connectivity index (χ4n) is 2.62. The van der Waals surface area contributed by atoms with Gasteiger partial charge in [0.15, 0.2) is 0 Å². The minimum absolute atomic E-state index is 0.0758. The van der Waals surface area contributed by atoms with Gasteiger partial charge in [-0.15, -0.1) is 10.2 Å². The normalized spacial score (nSPS) is 22.0. The van der Waals surface area contributed by atoms with Crippen LogP contribution in [0.15, 0.2) is 24.3 Å². The molecule has 2 heterocycles. The van der Waals surface area contributed by atoms with Gasteiger partial charge < -0.3 is 9.84 Å². The zero-order chi connectivity index (χ0) is 14.7. The fourth-order valence-corrected chi connectivity index (χ4v) is 2.62. The summed E-state index contributed by atoms with van der Waals surface area (Å²) in [6, 6.07) is 8.14. The molecule has 1 aliphatic heterocycles. The third kappa shape index (κ3) is 3.10. The Morgan fingerprint density at radius 3 is 2.71 bits per heavy atom. The SMILES string of the molecule is CCN(Cc1ccc(-c2nn[nH]n2)cc1)[C@H]1COC[C@@H]1O. The van der Waals surface area contributed by atoms with Gasteiger partial charge in [-0.25, -0.2) is 0 Å². The van der Waals surface area contributed by atoms with Crippen molar-refractivity contribution >= 4 is 0 Å². The molecule has 21 heavy (non-hydrogen) atoms. The van der Waals surface area contributed by atoms with Crippen molar-refractivity contribution in [3.8, 4) is 11.4 Å². The number of aliphatic hydroxyl groups is 1. The summed E-state index contributed by atoms with van der Waals surface area (Å²) >= 11 is 0. The molecular weight excluding hydrogens is 270 g/mol. The van der Waals surface area contributed by atoms with Crippen molar-refractivity contribution in [2.75, 3.05) is 19.8 Å². The number of ether oxygens (including phenoxy) is 1. The lowest BCUT2D eigenvalue weighted by Crippen LogP contribution is -2.42. The van der Waals surface area contributed by atoms with Gasteiger partial charge in [0.25, 0.3) is 0 Å². The predicted octanol–water partition coefficient (Wildman–Crippen LogP) is 0.448. The molecule has 7 nitrogen and oxygen atoms in total. The van der Waals surface area contributed by atoms with Gasteiger partial charge in [0.2, 0.25) is 5.82 Å². The summed E-state index contributed by atoms with van der Waals surface area (Å²) in [7, 11) is 0. The maximum absolute atomic E-state index is 9.94. The highest BCUT2D eigenvalue weighted by molar-refractivity contribution is 5.54. The first-order valence-electron chi connectivity index (χ1n) is 7.10. The predicted molar refractivity (Wildman–Crippen MR) is 76.3 cm³/mol. The van der Waals surface area contributed by atoms with Crippen molar-refractivity contribution in [3.63, 3.8) is 0 Å². The topological polar surface area (TPSA) is 87.2 Å². The Morgan fingerprint density at radius 1 is 1.33 bits per heavy atom. The van der Waals surface area contributed by atoms with Gasteiger partial charge in [-0.3, -0.25) is 4.90 Å². The van der Waals surface area contributed by atoms with Crippen LogP contribution >= 0.6 is 0 Å². The van der Waals surface area contributed by atoms with E-state index in [0.717, 1.165) is 18.7 Å². The number of rotatable bonds is 5. The van der Waals surface area contributed by atoms with Gasteiger partial charge in [-0.05, 0) is 17.3 Å². The van der Waals surface area contributed by atoms with Crippen LogP contribution in [-0.2, 0) is 11.3 Å². The maximum atomic E-state index is 9.94. The van der Waals surface area contributed by atoms with Crippen LogP contribution in [0.25, 0.3) is 11.4 Å². The van der Waals surface area contributed by atoms with Gasteiger partial charge in [0.05, 0.1) is 25.4 Å². The molecule has 0 aliphatic carbocycles. The van der Waals surface area contributed by atoms with Crippen LogP contribution < -0.4 is 0 Å². The summed E-state index contributed by atoms with van der Waals surface area (Å²) in [5, 5.41) is 23.9. The van der Waals surface area contributed by atoms with Gasteiger partial charge in [0.1, 0.15) is 0 Å². The molecule has 1 saturated heterocycles. The molecule has 0 unspecified atom stereocenters. The zero-order valence-corrected chi connectivity index (χ0v) is 11.9. The zero-order valence-electron chi connectivity index (χ0n) is 11.9. The highest BCUT2D eigenvalue weighted by Crippen LogP contribution is 2.18. The Kier molecular flexibility index (Phi) is 4.23. The second kappa shape index (κ2) is 6.30. The van der Waals surface area contributed by atoms with Gasteiger partial charge in [0, 0.05) is 12.1 Å². The van der Waals surface area contributed by atoms with Crippen LogP contribution in [0.4, 0.5) is 0 Å². The molecule has 1 aliphatic rings. The lowest BCUT2D eigenvalue weighted by atomic mass is 10.1. The van der Waals surface area contributed by atoms with Crippen LogP contribution in [0.5, 0.6) is 0 Å². The molecule has 2 aromatic rings. The first-order valence-corrected chi connectivity index (χ1v) is 7.10. The standard InChI is InChI=1S/C14H19N5O2/c1-2-19(12-8-21-9-13(12)20)7-10-3-5-11(6-4-10)14-15-17-18-16-14/h3-6,12-13,20H,2,7-9H2,1H3,(H,15,16,17,18)/t12-,13-/m0/s1. The molecule has 1 aromatic heterocycles. The van der Waals surface area contributed by atoms with E-state index in [-0.39, 0.29) is 6.04 Å². The Morgan fingerprint density at radius 2 is 2.14 bits per heavy atom. The number of nitrogens with zero attached hydrogens (tertiary/aromatic N) is 4. The van der Waals surface area contributed by atoms with E-state index >= 15 is 0 Å². The summed E-state index contributed by atoms with van der Waals surface area (Å²) in [6.45, 7) is 4.78. The fraction of sp³-hybridized carbons (Fsp3) is 0.500. The number of tetrazole rings is 1. The van der Waals surface area contributed by atoms with E-state index in [1.807, 2.05) is 12.1 Å². The highest BCUT2D eigenvalue weighted by atomic mass is 16.5. The molecule has 1 fully saturated rings.